The molecule has 0 aliphatic heterocycles. The summed E-state index contributed by atoms with van der Waals surface area (Å²) in [4.78, 5) is 10.6. The van der Waals surface area contributed by atoms with Gasteiger partial charge in [0.05, 0.1) is 0 Å². The third-order valence-corrected chi connectivity index (χ3v) is 2.07. The Kier molecular flexibility index (Phi) is 2.24. The lowest BCUT2D eigenvalue weighted by atomic mass is 10.1. The highest BCUT2D eigenvalue weighted by molar-refractivity contribution is 5.76. The third kappa shape index (κ3) is 1.46. The maximum atomic E-state index is 10.6. The highest BCUT2D eigenvalue weighted by Gasteiger charge is 2.27. The van der Waals surface area contributed by atoms with Gasteiger partial charge in [-0.05, 0) is 19.3 Å². The quantitative estimate of drug-likeness (QED) is 0.346. The zero-order valence-electron chi connectivity index (χ0n) is 5.84. The Bertz CT molecular complexity index is 137. The fourth-order valence-electron chi connectivity index (χ4n) is 1.39. The largest absolute Gasteiger partial charge is 0.369 e. The van der Waals surface area contributed by atoms with Gasteiger partial charge >= 0.3 is 0 Å². The van der Waals surface area contributed by atoms with E-state index in [2.05, 4.69) is 5.43 Å². The van der Waals surface area contributed by atoms with E-state index in [9.17, 15) is 4.79 Å². The van der Waals surface area contributed by atoms with Gasteiger partial charge < -0.3 is 5.73 Å². The molecule has 1 aliphatic rings. The van der Waals surface area contributed by atoms with Crippen molar-refractivity contribution < 1.29 is 4.79 Å². The van der Waals surface area contributed by atoms with E-state index in [0.717, 1.165) is 19.3 Å². The highest BCUT2D eigenvalue weighted by Crippen LogP contribution is 2.24. The van der Waals surface area contributed by atoms with Crippen molar-refractivity contribution in [1.29, 1.82) is 0 Å². The Balaban J connectivity index is 2.35. The standard InChI is InChI=1S/C6H13N3O/c7-6(10)4-1-2-5(3-4)9-8/h4-5,9H,1-3,8H2,(H2,7,10)/t4-,5+/m0/s1. The number of hydrogen-bond acceptors (Lipinski definition) is 3. The van der Waals surface area contributed by atoms with Gasteiger partial charge in [-0.1, -0.05) is 0 Å². The minimum atomic E-state index is -0.197. The number of amides is 1. The first-order valence-electron chi connectivity index (χ1n) is 3.49. The Hall–Kier alpha value is -0.610. The molecule has 1 rings (SSSR count). The Morgan fingerprint density at radius 3 is 2.50 bits per heavy atom. The van der Waals surface area contributed by atoms with Crippen LogP contribution in [0.1, 0.15) is 19.3 Å². The molecular weight excluding hydrogens is 130 g/mol. The number of rotatable bonds is 2. The molecule has 0 unspecified atom stereocenters. The average molecular weight is 143 g/mol. The highest BCUT2D eigenvalue weighted by atomic mass is 16.1. The number of nitrogens with two attached hydrogens (primary N) is 2. The third-order valence-electron chi connectivity index (χ3n) is 2.07. The van der Waals surface area contributed by atoms with Gasteiger partial charge in [-0.25, -0.2) is 0 Å². The molecule has 0 aromatic heterocycles. The van der Waals surface area contributed by atoms with Gasteiger partial charge in [0.2, 0.25) is 5.91 Å². The van der Waals surface area contributed by atoms with Crippen LogP contribution in [0.4, 0.5) is 0 Å². The van der Waals surface area contributed by atoms with E-state index in [1.54, 1.807) is 0 Å². The normalized spacial score (nSPS) is 32.5. The second-order valence-electron chi connectivity index (χ2n) is 2.78. The predicted molar refractivity (Wildman–Crippen MR) is 37.6 cm³/mol. The maximum Gasteiger partial charge on any atom is 0.220 e. The number of primary amides is 1. The predicted octanol–water partition coefficient (Wildman–Crippen LogP) is -0.896. The molecule has 10 heavy (non-hydrogen) atoms. The molecule has 0 bridgehead atoms. The lowest BCUT2D eigenvalue weighted by molar-refractivity contribution is -0.121. The lowest BCUT2D eigenvalue weighted by Crippen LogP contribution is -2.33. The Morgan fingerprint density at radius 2 is 2.20 bits per heavy atom. The van der Waals surface area contributed by atoms with Crippen LogP contribution in [0, 0.1) is 5.92 Å². The van der Waals surface area contributed by atoms with E-state index in [-0.39, 0.29) is 17.9 Å². The molecule has 0 aromatic carbocycles. The van der Waals surface area contributed by atoms with Gasteiger partial charge in [-0.3, -0.25) is 16.1 Å². The monoisotopic (exact) mass is 143 g/mol. The molecule has 5 N–H and O–H groups in total. The first-order valence-corrected chi connectivity index (χ1v) is 3.49. The molecule has 1 amide bonds. The smallest absolute Gasteiger partial charge is 0.220 e. The van der Waals surface area contributed by atoms with Crippen molar-refractivity contribution in [2.45, 2.75) is 25.3 Å². The van der Waals surface area contributed by atoms with Crippen molar-refractivity contribution >= 4 is 5.91 Å². The fourth-order valence-corrected chi connectivity index (χ4v) is 1.39. The van der Waals surface area contributed by atoms with Gasteiger partial charge in [0, 0.05) is 12.0 Å². The molecule has 2 atom stereocenters. The van der Waals surface area contributed by atoms with E-state index in [1.165, 1.54) is 0 Å². The number of carbonyl (C=O) groups is 1. The molecule has 1 aliphatic carbocycles. The van der Waals surface area contributed by atoms with Crippen molar-refractivity contribution in [2.75, 3.05) is 0 Å². The van der Waals surface area contributed by atoms with Crippen molar-refractivity contribution in [2.24, 2.45) is 17.5 Å². The van der Waals surface area contributed by atoms with Gasteiger partial charge in [0.1, 0.15) is 0 Å². The SMILES string of the molecule is NN[C@@H]1CC[C@H](C(N)=O)C1. The van der Waals surface area contributed by atoms with Crippen molar-refractivity contribution in [3.63, 3.8) is 0 Å². The molecule has 58 valence electrons. The summed E-state index contributed by atoms with van der Waals surface area (Å²) >= 11 is 0. The summed E-state index contributed by atoms with van der Waals surface area (Å²) in [7, 11) is 0. The summed E-state index contributed by atoms with van der Waals surface area (Å²) in [5.41, 5.74) is 7.75. The summed E-state index contributed by atoms with van der Waals surface area (Å²) < 4.78 is 0. The molecule has 4 heteroatoms. The summed E-state index contributed by atoms with van der Waals surface area (Å²) in [6.45, 7) is 0. The topological polar surface area (TPSA) is 81.1 Å². The summed E-state index contributed by atoms with van der Waals surface area (Å²) in [6.07, 6.45) is 2.64. The van der Waals surface area contributed by atoms with Gasteiger partial charge in [-0.15, -0.1) is 0 Å². The fraction of sp³-hybridized carbons (Fsp3) is 0.833. The first kappa shape index (κ1) is 7.50. The molecule has 0 heterocycles. The first-order chi connectivity index (χ1) is 4.74. The number of nitrogens with one attached hydrogen (secondary N) is 1. The molecule has 4 nitrogen and oxygen atoms in total. The molecule has 0 radical (unpaired) electrons. The molecule has 0 aromatic rings. The van der Waals surface area contributed by atoms with Crippen LogP contribution in [0.5, 0.6) is 0 Å². The summed E-state index contributed by atoms with van der Waals surface area (Å²) in [5, 5.41) is 0. The molecule has 0 spiro atoms. The molecule has 1 saturated carbocycles. The van der Waals surface area contributed by atoms with Crippen molar-refractivity contribution in [3.8, 4) is 0 Å². The second-order valence-corrected chi connectivity index (χ2v) is 2.78. The second kappa shape index (κ2) is 2.98. The maximum absolute atomic E-state index is 10.6. The van der Waals surface area contributed by atoms with E-state index in [4.69, 9.17) is 11.6 Å². The molecule has 0 saturated heterocycles. The van der Waals surface area contributed by atoms with Crippen LogP contribution in [0.3, 0.4) is 0 Å². The van der Waals surface area contributed by atoms with Crippen LogP contribution in [0.25, 0.3) is 0 Å². The van der Waals surface area contributed by atoms with Crippen molar-refractivity contribution in [3.05, 3.63) is 0 Å². The van der Waals surface area contributed by atoms with Gasteiger partial charge in [-0.2, -0.15) is 0 Å². The van der Waals surface area contributed by atoms with Gasteiger partial charge in [0.25, 0.3) is 0 Å². The molecule has 1 fully saturated rings. The van der Waals surface area contributed by atoms with Crippen LogP contribution in [0.15, 0.2) is 0 Å². The van der Waals surface area contributed by atoms with Crippen LogP contribution in [-0.2, 0) is 4.79 Å². The van der Waals surface area contributed by atoms with E-state index in [0.29, 0.717) is 0 Å². The summed E-state index contributed by atoms with van der Waals surface area (Å²) in [5.74, 6) is 5.04. The zero-order valence-corrected chi connectivity index (χ0v) is 5.84. The number of carbonyl (C=O) groups excluding carboxylic acids is 1. The van der Waals surface area contributed by atoms with Crippen molar-refractivity contribution in [1.82, 2.24) is 5.43 Å². The minimum Gasteiger partial charge on any atom is -0.369 e. The average Bonchev–Trinajstić information content (AvgIpc) is 2.34. The number of hydrogen-bond donors (Lipinski definition) is 3. The van der Waals surface area contributed by atoms with E-state index < -0.39 is 0 Å². The van der Waals surface area contributed by atoms with E-state index in [1.807, 2.05) is 0 Å². The lowest BCUT2D eigenvalue weighted by Gasteiger charge is -2.05. The zero-order chi connectivity index (χ0) is 7.56. The Morgan fingerprint density at radius 1 is 1.50 bits per heavy atom. The summed E-state index contributed by atoms with van der Waals surface area (Å²) in [6, 6.07) is 0.289. The van der Waals surface area contributed by atoms with Crippen LogP contribution < -0.4 is 17.0 Å². The Labute approximate surface area is 59.9 Å². The van der Waals surface area contributed by atoms with Gasteiger partial charge in [0.15, 0.2) is 0 Å². The minimum absolute atomic E-state index is 0.0426. The van der Waals surface area contributed by atoms with Crippen LogP contribution in [-0.4, -0.2) is 11.9 Å². The number of hydrazine groups is 1. The van der Waals surface area contributed by atoms with Crippen LogP contribution in [0.2, 0.25) is 0 Å². The van der Waals surface area contributed by atoms with E-state index >= 15 is 0 Å². The molecular formula is C6H13N3O. The van der Waals surface area contributed by atoms with Crippen LogP contribution >= 0.6 is 0 Å².